The van der Waals surface area contributed by atoms with Crippen molar-refractivity contribution in [1.29, 1.82) is 0 Å². The molecule has 0 radical (unpaired) electrons. The number of rotatable bonds is 11. The van der Waals surface area contributed by atoms with Crippen LogP contribution < -0.4 is 20.7 Å². The van der Waals surface area contributed by atoms with Crippen LogP contribution in [0.1, 0.15) is 28.4 Å². The third-order valence-corrected chi connectivity index (χ3v) is 7.28. The molecule has 7 nitrogen and oxygen atoms in total. The predicted molar refractivity (Wildman–Crippen MR) is 170 cm³/mol. The summed E-state index contributed by atoms with van der Waals surface area (Å²) >= 11 is 6.77. The van der Waals surface area contributed by atoms with Gasteiger partial charge < -0.3 is 20.7 Å². The van der Waals surface area contributed by atoms with Gasteiger partial charge in [0.1, 0.15) is 11.4 Å². The summed E-state index contributed by atoms with van der Waals surface area (Å²) in [6, 6.07) is 25.1. The normalized spacial score (nSPS) is 11.4. The van der Waals surface area contributed by atoms with Gasteiger partial charge in [-0.15, -0.1) is 11.8 Å². The van der Waals surface area contributed by atoms with Gasteiger partial charge >= 0.3 is 6.18 Å². The lowest BCUT2D eigenvalue weighted by atomic mass is 10.1. The van der Waals surface area contributed by atoms with Gasteiger partial charge in [0.25, 0.3) is 11.8 Å². The zero-order valence-corrected chi connectivity index (χ0v) is 25.4. The van der Waals surface area contributed by atoms with Crippen molar-refractivity contribution in [1.82, 2.24) is 5.32 Å². The maximum atomic E-state index is 13.4. The SMILES string of the molecule is CCOc1ccc(/C=C(/NC(=O)c2ccccc2)C(=O)Nc2cccc(SCC(=O)Nc3ccc(Cl)cc3C(F)(F)F)c2)cc1. The summed E-state index contributed by atoms with van der Waals surface area (Å²) in [6.45, 7) is 2.37. The lowest BCUT2D eigenvalue weighted by Gasteiger charge is -2.14. The molecule has 4 rings (SSSR count). The first-order valence-electron chi connectivity index (χ1n) is 13.5. The first kappa shape index (κ1) is 33.2. The summed E-state index contributed by atoms with van der Waals surface area (Å²) in [5.41, 5.74) is -0.0977. The van der Waals surface area contributed by atoms with Gasteiger partial charge in [-0.2, -0.15) is 13.2 Å². The Hall–Kier alpha value is -4.74. The lowest BCUT2D eigenvalue weighted by Crippen LogP contribution is -2.30. The fourth-order valence-corrected chi connectivity index (χ4v) is 4.92. The fourth-order valence-electron chi connectivity index (χ4n) is 3.99. The van der Waals surface area contributed by atoms with Crippen molar-refractivity contribution in [2.24, 2.45) is 0 Å². The number of nitrogens with one attached hydrogen (secondary N) is 3. The minimum Gasteiger partial charge on any atom is -0.494 e. The van der Waals surface area contributed by atoms with E-state index in [2.05, 4.69) is 16.0 Å². The first-order valence-corrected chi connectivity index (χ1v) is 14.9. The fraction of sp³-hybridized carbons (Fsp3) is 0.121. The molecule has 0 atom stereocenters. The number of alkyl halides is 3. The standard InChI is InChI=1S/C33H27ClF3N3O4S/c1-2-44-25-14-11-21(12-15-25)17-29(40-31(42)22-7-4-3-5-8-22)32(43)38-24-9-6-10-26(19-24)45-20-30(41)39-28-16-13-23(34)18-27(28)33(35,36)37/h3-19H,2,20H2,1H3,(H,38,43)(H,39,41)(H,40,42)/b29-17+. The van der Waals surface area contributed by atoms with E-state index in [4.69, 9.17) is 16.3 Å². The van der Waals surface area contributed by atoms with Gasteiger partial charge in [0.05, 0.1) is 23.6 Å². The molecule has 0 aliphatic rings. The van der Waals surface area contributed by atoms with Crippen molar-refractivity contribution in [3.8, 4) is 5.75 Å². The summed E-state index contributed by atoms with van der Waals surface area (Å²) in [5.74, 6) is -1.28. The number of thioether (sulfide) groups is 1. The maximum Gasteiger partial charge on any atom is 0.418 e. The molecule has 0 aliphatic carbocycles. The van der Waals surface area contributed by atoms with Crippen molar-refractivity contribution >= 4 is 58.5 Å². The predicted octanol–water partition coefficient (Wildman–Crippen LogP) is 7.90. The largest absolute Gasteiger partial charge is 0.494 e. The highest BCUT2D eigenvalue weighted by Gasteiger charge is 2.34. The van der Waals surface area contributed by atoms with E-state index in [-0.39, 0.29) is 16.5 Å². The zero-order chi connectivity index (χ0) is 32.4. The molecule has 45 heavy (non-hydrogen) atoms. The minimum absolute atomic E-state index is 0.0196. The topological polar surface area (TPSA) is 96.5 Å². The summed E-state index contributed by atoms with van der Waals surface area (Å²) < 4.78 is 45.6. The van der Waals surface area contributed by atoms with Gasteiger partial charge in [0.2, 0.25) is 5.91 Å². The Morgan fingerprint density at radius 2 is 1.62 bits per heavy atom. The van der Waals surface area contributed by atoms with Crippen molar-refractivity contribution in [2.75, 3.05) is 23.0 Å². The molecule has 4 aromatic carbocycles. The Morgan fingerprint density at radius 3 is 2.31 bits per heavy atom. The molecule has 12 heteroatoms. The molecule has 0 unspecified atom stereocenters. The van der Waals surface area contributed by atoms with Gasteiger partial charge in [-0.25, -0.2) is 0 Å². The Labute approximate surface area is 266 Å². The van der Waals surface area contributed by atoms with Gasteiger partial charge in [-0.3, -0.25) is 14.4 Å². The van der Waals surface area contributed by atoms with Crippen LogP contribution in [0.25, 0.3) is 6.08 Å². The second-order valence-corrected chi connectivity index (χ2v) is 10.9. The van der Waals surface area contributed by atoms with Gasteiger partial charge in [-0.1, -0.05) is 48.0 Å². The van der Waals surface area contributed by atoms with Crippen LogP contribution in [0.4, 0.5) is 24.5 Å². The lowest BCUT2D eigenvalue weighted by molar-refractivity contribution is -0.137. The summed E-state index contributed by atoms with van der Waals surface area (Å²) in [6.07, 6.45) is -3.17. The second kappa shape index (κ2) is 15.3. The Bertz CT molecular complexity index is 1700. The number of carbonyl (C=O) groups is 3. The molecule has 0 spiro atoms. The number of carbonyl (C=O) groups excluding carboxylic acids is 3. The molecule has 0 aliphatic heterocycles. The molecule has 0 saturated heterocycles. The van der Waals surface area contributed by atoms with Gasteiger partial charge in [0.15, 0.2) is 0 Å². The van der Waals surface area contributed by atoms with Crippen molar-refractivity contribution in [2.45, 2.75) is 18.0 Å². The average Bonchev–Trinajstić information content (AvgIpc) is 3.01. The van der Waals surface area contributed by atoms with Crippen molar-refractivity contribution < 1.29 is 32.3 Å². The van der Waals surface area contributed by atoms with Crippen LogP contribution in [-0.4, -0.2) is 30.1 Å². The highest BCUT2D eigenvalue weighted by atomic mass is 35.5. The zero-order valence-electron chi connectivity index (χ0n) is 23.8. The van der Waals surface area contributed by atoms with E-state index >= 15 is 0 Å². The molecule has 3 amide bonds. The number of benzene rings is 4. The first-order chi connectivity index (χ1) is 21.5. The monoisotopic (exact) mass is 653 g/mol. The van der Waals surface area contributed by atoms with E-state index in [0.29, 0.717) is 34.1 Å². The van der Waals surface area contributed by atoms with E-state index in [0.717, 1.165) is 23.9 Å². The van der Waals surface area contributed by atoms with E-state index in [9.17, 15) is 27.6 Å². The number of hydrogen-bond acceptors (Lipinski definition) is 5. The molecule has 3 N–H and O–H groups in total. The van der Waals surface area contributed by atoms with Gasteiger partial charge in [0, 0.05) is 21.2 Å². The molecule has 0 bridgehead atoms. The summed E-state index contributed by atoms with van der Waals surface area (Å²) in [7, 11) is 0. The highest BCUT2D eigenvalue weighted by Crippen LogP contribution is 2.36. The third kappa shape index (κ3) is 9.88. The maximum absolute atomic E-state index is 13.4. The number of halogens is 4. The quantitative estimate of drug-likeness (QED) is 0.113. The summed E-state index contributed by atoms with van der Waals surface area (Å²) in [5, 5.41) is 7.59. The van der Waals surface area contributed by atoms with Gasteiger partial charge in [-0.05, 0) is 79.2 Å². The molecule has 0 fully saturated rings. The molecule has 0 heterocycles. The van der Waals surface area contributed by atoms with Crippen LogP contribution in [0.15, 0.2) is 108 Å². The molecule has 232 valence electrons. The molecule has 0 aromatic heterocycles. The Kier molecular flexibility index (Phi) is 11.3. The number of ether oxygens (including phenoxy) is 1. The Balaban J connectivity index is 1.46. The highest BCUT2D eigenvalue weighted by molar-refractivity contribution is 8.00. The van der Waals surface area contributed by atoms with Crippen LogP contribution in [-0.2, 0) is 15.8 Å². The van der Waals surface area contributed by atoms with Crippen LogP contribution in [0.2, 0.25) is 5.02 Å². The van der Waals surface area contributed by atoms with E-state index in [1.54, 1.807) is 78.9 Å². The van der Waals surface area contributed by atoms with E-state index in [1.165, 1.54) is 12.1 Å². The molecular weight excluding hydrogens is 627 g/mol. The Morgan fingerprint density at radius 1 is 0.889 bits per heavy atom. The van der Waals surface area contributed by atoms with Crippen LogP contribution >= 0.6 is 23.4 Å². The molecular formula is C33H27ClF3N3O4S. The number of amides is 3. The average molecular weight is 654 g/mol. The smallest absolute Gasteiger partial charge is 0.418 e. The minimum atomic E-state index is -4.70. The summed E-state index contributed by atoms with van der Waals surface area (Å²) in [4.78, 5) is 39.4. The number of hydrogen-bond donors (Lipinski definition) is 3. The van der Waals surface area contributed by atoms with Crippen molar-refractivity contribution in [3.05, 3.63) is 124 Å². The van der Waals surface area contributed by atoms with Crippen LogP contribution in [0.5, 0.6) is 5.75 Å². The van der Waals surface area contributed by atoms with E-state index < -0.39 is 35.1 Å². The second-order valence-electron chi connectivity index (χ2n) is 9.39. The van der Waals surface area contributed by atoms with Crippen LogP contribution in [0.3, 0.4) is 0 Å². The number of anilines is 2. The third-order valence-electron chi connectivity index (χ3n) is 6.05. The van der Waals surface area contributed by atoms with Crippen LogP contribution in [0, 0.1) is 0 Å². The van der Waals surface area contributed by atoms with E-state index in [1.807, 2.05) is 6.92 Å². The molecule has 4 aromatic rings. The van der Waals surface area contributed by atoms with Crippen molar-refractivity contribution in [3.63, 3.8) is 0 Å². The molecule has 0 saturated carbocycles.